The first-order valence-corrected chi connectivity index (χ1v) is 7.81. The Bertz CT molecular complexity index is 354. The number of hydrogen-bond acceptors (Lipinski definition) is 4. The maximum Gasteiger partial charge on any atom is 0.240 e. The lowest BCUT2D eigenvalue weighted by molar-refractivity contribution is -0.134. The summed E-state index contributed by atoms with van der Waals surface area (Å²) in [6.07, 6.45) is 0.501. The normalized spacial score (nSPS) is 13.7. The highest BCUT2D eigenvalue weighted by atomic mass is 32.2. The molecule has 0 aromatic rings. The van der Waals surface area contributed by atoms with Crippen LogP contribution >= 0.6 is 0 Å². The van der Waals surface area contributed by atoms with Crippen molar-refractivity contribution in [2.75, 3.05) is 18.9 Å². The predicted molar refractivity (Wildman–Crippen MR) is 70.6 cm³/mol. The molecule has 2 N–H and O–H groups in total. The first-order chi connectivity index (χ1) is 8.25. The van der Waals surface area contributed by atoms with E-state index in [1.165, 1.54) is 11.8 Å². The molecular weight excluding hydrogens is 256 g/mol. The van der Waals surface area contributed by atoms with Crippen LogP contribution in [0.25, 0.3) is 0 Å². The Labute approximate surface area is 109 Å². The van der Waals surface area contributed by atoms with Crippen molar-refractivity contribution >= 4 is 15.9 Å². The molecule has 0 aliphatic rings. The molecule has 0 bridgehead atoms. The van der Waals surface area contributed by atoms with Gasteiger partial charge in [-0.05, 0) is 27.2 Å². The average molecular weight is 280 g/mol. The number of rotatable bonds is 8. The number of hydrogen-bond donors (Lipinski definition) is 2. The number of aliphatic hydroxyl groups is 1. The van der Waals surface area contributed by atoms with Gasteiger partial charge < -0.3 is 10.0 Å². The van der Waals surface area contributed by atoms with Gasteiger partial charge in [0.1, 0.15) is 0 Å². The summed E-state index contributed by atoms with van der Waals surface area (Å²) in [6, 6.07) is -0.890. The van der Waals surface area contributed by atoms with Crippen LogP contribution in [0.1, 0.15) is 34.1 Å². The van der Waals surface area contributed by atoms with E-state index in [9.17, 15) is 13.2 Å². The van der Waals surface area contributed by atoms with Crippen molar-refractivity contribution in [3.63, 3.8) is 0 Å². The summed E-state index contributed by atoms with van der Waals surface area (Å²) in [5, 5.41) is 8.90. The first-order valence-electron chi connectivity index (χ1n) is 6.16. The van der Waals surface area contributed by atoms with E-state index in [4.69, 9.17) is 5.11 Å². The zero-order chi connectivity index (χ0) is 14.3. The molecule has 0 radical (unpaired) electrons. The molecule has 0 aromatic carbocycles. The number of carbonyl (C=O) groups excluding carboxylic acids is 1. The second kappa shape index (κ2) is 7.70. The fourth-order valence-electron chi connectivity index (χ4n) is 1.63. The molecule has 0 aromatic heterocycles. The van der Waals surface area contributed by atoms with E-state index in [2.05, 4.69) is 4.72 Å². The summed E-state index contributed by atoms with van der Waals surface area (Å²) >= 11 is 0. The lowest BCUT2D eigenvalue weighted by Gasteiger charge is -2.29. The summed E-state index contributed by atoms with van der Waals surface area (Å²) in [6.45, 7) is 6.98. The topological polar surface area (TPSA) is 86.7 Å². The number of nitrogens with one attached hydrogen (secondary N) is 1. The Hall–Kier alpha value is -0.660. The molecule has 0 fully saturated rings. The number of carbonyl (C=O) groups is 1. The fourth-order valence-corrected chi connectivity index (χ4v) is 2.92. The lowest BCUT2D eigenvalue weighted by Crippen LogP contribution is -2.50. The Morgan fingerprint density at radius 2 is 1.89 bits per heavy atom. The summed E-state index contributed by atoms with van der Waals surface area (Å²) in [7, 11) is -3.41. The third kappa shape index (κ3) is 5.79. The molecule has 0 heterocycles. The minimum absolute atomic E-state index is 0.00625. The van der Waals surface area contributed by atoms with E-state index in [1.54, 1.807) is 6.92 Å². The van der Waals surface area contributed by atoms with Crippen LogP contribution in [-0.2, 0) is 14.8 Å². The van der Waals surface area contributed by atoms with Crippen molar-refractivity contribution in [3.05, 3.63) is 0 Å². The van der Waals surface area contributed by atoms with Gasteiger partial charge in [-0.2, -0.15) is 0 Å². The summed E-state index contributed by atoms with van der Waals surface area (Å²) in [4.78, 5) is 13.5. The Kier molecular flexibility index (Phi) is 7.42. The van der Waals surface area contributed by atoms with Gasteiger partial charge in [-0.25, -0.2) is 13.1 Å². The molecule has 0 aliphatic carbocycles. The van der Waals surface area contributed by atoms with Crippen LogP contribution in [0.2, 0.25) is 0 Å². The Balaban J connectivity index is 4.67. The lowest BCUT2D eigenvalue weighted by atomic mass is 10.2. The number of sulfonamides is 1. The monoisotopic (exact) mass is 280 g/mol. The van der Waals surface area contributed by atoms with Crippen LogP contribution in [0.3, 0.4) is 0 Å². The van der Waals surface area contributed by atoms with Crippen LogP contribution in [0.15, 0.2) is 0 Å². The molecule has 0 rings (SSSR count). The minimum atomic E-state index is -3.41. The van der Waals surface area contributed by atoms with Gasteiger partial charge in [0.25, 0.3) is 0 Å². The van der Waals surface area contributed by atoms with Gasteiger partial charge in [0.15, 0.2) is 0 Å². The molecule has 0 spiro atoms. The van der Waals surface area contributed by atoms with Crippen LogP contribution in [0, 0.1) is 0 Å². The van der Waals surface area contributed by atoms with Gasteiger partial charge in [-0.1, -0.05) is 6.92 Å². The number of amides is 1. The van der Waals surface area contributed by atoms with E-state index in [-0.39, 0.29) is 30.9 Å². The molecule has 1 atom stereocenters. The first kappa shape index (κ1) is 17.3. The van der Waals surface area contributed by atoms with Gasteiger partial charge in [-0.3, -0.25) is 4.79 Å². The largest absolute Gasteiger partial charge is 0.395 e. The van der Waals surface area contributed by atoms with Gasteiger partial charge >= 0.3 is 0 Å². The van der Waals surface area contributed by atoms with E-state index in [1.807, 2.05) is 13.8 Å². The van der Waals surface area contributed by atoms with Crippen molar-refractivity contribution in [1.82, 2.24) is 9.62 Å². The molecule has 0 saturated heterocycles. The molecular formula is C11H24N2O4S. The predicted octanol–water partition coefficient (Wildman–Crippen LogP) is -0.0664. The second-order valence-corrected chi connectivity index (χ2v) is 6.38. The highest BCUT2D eigenvalue weighted by Crippen LogP contribution is 2.03. The fraction of sp³-hybridized carbons (Fsp3) is 0.909. The SMILES string of the molecule is CCCS(=O)(=O)NC(C)C(=O)N(CCO)C(C)C. The van der Waals surface area contributed by atoms with Gasteiger partial charge in [0, 0.05) is 12.6 Å². The molecule has 1 unspecified atom stereocenters. The zero-order valence-corrected chi connectivity index (χ0v) is 12.3. The molecule has 0 aliphatic heterocycles. The summed E-state index contributed by atoms with van der Waals surface area (Å²) in [5.74, 6) is -0.314. The maximum absolute atomic E-state index is 12.0. The Morgan fingerprint density at radius 3 is 2.28 bits per heavy atom. The van der Waals surface area contributed by atoms with Crippen molar-refractivity contribution in [2.24, 2.45) is 0 Å². The molecule has 7 heteroatoms. The van der Waals surface area contributed by atoms with Crippen LogP contribution in [0.5, 0.6) is 0 Å². The van der Waals surface area contributed by atoms with Crippen molar-refractivity contribution in [3.8, 4) is 0 Å². The van der Waals surface area contributed by atoms with Crippen molar-refractivity contribution in [2.45, 2.75) is 46.2 Å². The van der Waals surface area contributed by atoms with Gasteiger partial charge in [0.2, 0.25) is 15.9 Å². The van der Waals surface area contributed by atoms with Crippen molar-refractivity contribution in [1.29, 1.82) is 0 Å². The van der Waals surface area contributed by atoms with E-state index in [0.717, 1.165) is 0 Å². The molecule has 1 amide bonds. The average Bonchev–Trinajstić information content (AvgIpc) is 2.23. The second-order valence-electron chi connectivity index (χ2n) is 4.51. The maximum atomic E-state index is 12.0. The smallest absolute Gasteiger partial charge is 0.240 e. The van der Waals surface area contributed by atoms with Gasteiger partial charge in [-0.15, -0.1) is 0 Å². The van der Waals surface area contributed by atoms with Crippen molar-refractivity contribution < 1.29 is 18.3 Å². The van der Waals surface area contributed by atoms with E-state index in [0.29, 0.717) is 6.42 Å². The molecule has 0 saturated carbocycles. The third-order valence-electron chi connectivity index (χ3n) is 2.45. The van der Waals surface area contributed by atoms with Crippen LogP contribution < -0.4 is 4.72 Å². The van der Waals surface area contributed by atoms with Crippen LogP contribution in [-0.4, -0.2) is 55.3 Å². The van der Waals surface area contributed by atoms with E-state index >= 15 is 0 Å². The summed E-state index contributed by atoms with van der Waals surface area (Å²) in [5.41, 5.74) is 0. The highest BCUT2D eigenvalue weighted by Gasteiger charge is 2.25. The zero-order valence-electron chi connectivity index (χ0n) is 11.5. The molecule has 6 nitrogen and oxygen atoms in total. The quantitative estimate of drug-likeness (QED) is 0.652. The minimum Gasteiger partial charge on any atom is -0.395 e. The van der Waals surface area contributed by atoms with E-state index < -0.39 is 16.1 Å². The number of nitrogens with zero attached hydrogens (tertiary/aromatic N) is 1. The third-order valence-corrected chi connectivity index (χ3v) is 4.11. The summed E-state index contributed by atoms with van der Waals surface area (Å²) < 4.78 is 25.5. The van der Waals surface area contributed by atoms with Gasteiger partial charge in [0.05, 0.1) is 18.4 Å². The Morgan fingerprint density at radius 1 is 1.33 bits per heavy atom. The number of aliphatic hydroxyl groups excluding tert-OH is 1. The molecule has 18 heavy (non-hydrogen) atoms. The molecule has 108 valence electrons. The van der Waals surface area contributed by atoms with Crippen LogP contribution in [0.4, 0.5) is 0 Å². The standard InChI is InChI=1S/C11H24N2O4S/c1-5-8-18(16,17)12-10(4)11(15)13(6-7-14)9(2)3/h9-10,12,14H,5-8H2,1-4H3. The highest BCUT2D eigenvalue weighted by molar-refractivity contribution is 7.89.